The van der Waals surface area contributed by atoms with Crippen molar-refractivity contribution in [3.05, 3.63) is 24.3 Å². The van der Waals surface area contributed by atoms with E-state index in [4.69, 9.17) is 9.47 Å². The van der Waals surface area contributed by atoms with Crippen LogP contribution in [-0.4, -0.2) is 36.0 Å². The van der Waals surface area contributed by atoms with Gasteiger partial charge in [-0.3, -0.25) is 0 Å². The van der Waals surface area contributed by atoms with Crippen molar-refractivity contribution >= 4 is 12.4 Å². The molecule has 0 radical (unpaired) electrons. The fourth-order valence-electron chi connectivity index (χ4n) is 1.86. The summed E-state index contributed by atoms with van der Waals surface area (Å²) in [5.74, 6) is 1.37. The van der Waals surface area contributed by atoms with Crippen molar-refractivity contribution in [1.29, 1.82) is 0 Å². The lowest BCUT2D eigenvalue weighted by molar-refractivity contribution is -0.0681. The molecule has 4 nitrogen and oxygen atoms in total. The first-order valence-electron chi connectivity index (χ1n) is 6.35. The summed E-state index contributed by atoms with van der Waals surface area (Å²) in [7, 11) is 0. The second kappa shape index (κ2) is 6.46. The summed E-state index contributed by atoms with van der Waals surface area (Å²) >= 11 is 0. The van der Waals surface area contributed by atoms with Gasteiger partial charge in [0.05, 0.1) is 0 Å². The first-order valence-corrected chi connectivity index (χ1v) is 6.35. The maximum absolute atomic E-state index is 10.6. The van der Waals surface area contributed by atoms with Crippen LogP contribution in [0, 0.1) is 0 Å². The standard InChI is InChI=1S/C14H21NO3.ClH/c1-10(2)15-8-14(16)9-17-12-6-4-5-7-13(12)18-11(14)3;/h4-7,10-11,15-16H,8-9H2,1-3H3;1H. The number of benzene rings is 1. The van der Waals surface area contributed by atoms with Crippen molar-refractivity contribution in [1.82, 2.24) is 5.32 Å². The number of ether oxygens (including phenoxy) is 2. The zero-order valence-electron chi connectivity index (χ0n) is 11.6. The van der Waals surface area contributed by atoms with E-state index in [0.29, 0.717) is 24.1 Å². The fraction of sp³-hybridized carbons (Fsp3) is 0.571. The van der Waals surface area contributed by atoms with Crippen LogP contribution in [-0.2, 0) is 0 Å². The molecule has 0 bridgehead atoms. The molecule has 0 spiro atoms. The van der Waals surface area contributed by atoms with E-state index in [0.717, 1.165) is 0 Å². The van der Waals surface area contributed by atoms with Crippen LogP contribution in [0.5, 0.6) is 11.5 Å². The monoisotopic (exact) mass is 287 g/mol. The number of rotatable bonds is 3. The Morgan fingerprint density at radius 3 is 2.63 bits per heavy atom. The van der Waals surface area contributed by atoms with Crippen molar-refractivity contribution in [2.75, 3.05) is 13.2 Å². The first kappa shape index (κ1) is 16.1. The molecule has 1 aliphatic rings. The number of hydrogen-bond donors (Lipinski definition) is 2. The van der Waals surface area contributed by atoms with E-state index in [1.807, 2.05) is 45.0 Å². The summed E-state index contributed by atoms with van der Waals surface area (Å²) in [4.78, 5) is 0. The molecule has 2 N–H and O–H groups in total. The fourth-order valence-corrected chi connectivity index (χ4v) is 1.86. The average Bonchev–Trinajstić information content (AvgIpc) is 2.46. The Bertz CT molecular complexity index is 413. The van der Waals surface area contributed by atoms with Crippen LogP contribution in [0.3, 0.4) is 0 Å². The number of nitrogens with one attached hydrogen (secondary N) is 1. The van der Waals surface area contributed by atoms with Crippen LogP contribution >= 0.6 is 12.4 Å². The summed E-state index contributed by atoms with van der Waals surface area (Å²) in [6, 6.07) is 7.80. The minimum Gasteiger partial charge on any atom is -0.486 e. The summed E-state index contributed by atoms with van der Waals surface area (Å²) in [6.07, 6.45) is -0.326. The van der Waals surface area contributed by atoms with Gasteiger partial charge in [-0.25, -0.2) is 0 Å². The molecule has 0 aliphatic carbocycles. The van der Waals surface area contributed by atoms with Crippen molar-refractivity contribution < 1.29 is 14.6 Å². The number of para-hydroxylation sites is 2. The van der Waals surface area contributed by atoms with Crippen LogP contribution in [0.2, 0.25) is 0 Å². The van der Waals surface area contributed by atoms with Gasteiger partial charge in [0.15, 0.2) is 11.5 Å². The summed E-state index contributed by atoms with van der Waals surface area (Å²) in [5.41, 5.74) is -1.02. The summed E-state index contributed by atoms with van der Waals surface area (Å²) in [5, 5.41) is 13.9. The Morgan fingerprint density at radius 1 is 1.37 bits per heavy atom. The van der Waals surface area contributed by atoms with Gasteiger partial charge in [-0.1, -0.05) is 26.0 Å². The quantitative estimate of drug-likeness (QED) is 0.893. The predicted molar refractivity (Wildman–Crippen MR) is 77.4 cm³/mol. The lowest BCUT2D eigenvalue weighted by Gasteiger charge is -2.32. The molecule has 1 aliphatic heterocycles. The molecule has 0 aromatic heterocycles. The maximum Gasteiger partial charge on any atom is 0.161 e. The minimum absolute atomic E-state index is 0. The lowest BCUT2D eigenvalue weighted by atomic mass is 9.98. The minimum atomic E-state index is -1.02. The Labute approximate surface area is 120 Å². The number of aliphatic hydroxyl groups is 1. The normalized spacial score (nSPS) is 25.6. The van der Waals surface area contributed by atoms with Gasteiger partial charge in [0.25, 0.3) is 0 Å². The highest BCUT2D eigenvalue weighted by Gasteiger charge is 2.39. The van der Waals surface area contributed by atoms with Gasteiger partial charge in [0.2, 0.25) is 0 Å². The third-order valence-electron chi connectivity index (χ3n) is 3.20. The topological polar surface area (TPSA) is 50.7 Å². The van der Waals surface area contributed by atoms with Crippen LogP contribution in [0.1, 0.15) is 20.8 Å². The maximum atomic E-state index is 10.6. The van der Waals surface area contributed by atoms with E-state index in [2.05, 4.69) is 5.32 Å². The largest absolute Gasteiger partial charge is 0.486 e. The van der Waals surface area contributed by atoms with Crippen molar-refractivity contribution in [3.8, 4) is 11.5 Å². The van der Waals surface area contributed by atoms with Gasteiger partial charge in [0.1, 0.15) is 18.3 Å². The highest BCUT2D eigenvalue weighted by atomic mass is 35.5. The molecular weight excluding hydrogens is 266 g/mol. The van der Waals surface area contributed by atoms with E-state index in [9.17, 15) is 5.11 Å². The Morgan fingerprint density at radius 2 is 2.00 bits per heavy atom. The molecule has 0 amide bonds. The SMILES string of the molecule is CC(C)NCC1(O)COc2ccccc2OC1C.Cl. The Kier molecular flexibility index (Phi) is 5.47. The van der Waals surface area contributed by atoms with Gasteiger partial charge < -0.3 is 19.9 Å². The van der Waals surface area contributed by atoms with Gasteiger partial charge in [-0.2, -0.15) is 0 Å². The Balaban J connectivity index is 0.00000180. The second-order valence-corrected chi connectivity index (χ2v) is 5.13. The molecule has 2 unspecified atom stereocenters. The van der Waals surface area contributed by atoms with E-state index >= 15 is 0 Å². The van der Waals surface area contributed by atoms with Crippen LogP contribution in [0.15, 0.2) is 24.3 Å². The number of fused-ring (bicyclic) bond motifs is 1. The Hall–Kier alpha value is -0.970. The molecule has 1 heterocycles. The zero-order chi connectivity index (χ0) is 13.2. The first-order chi connectivity index (χ1) is 8.51. The second-order valence-electron chi connectivity index (χ2n) is 5.13. The molecule has 1 aromatic carbocycles. The average molecular weight is 288 g/mol. The van der Waals surface area contributed by atoms with Crippen LogP contribution < -0.4 is 14.8 Å². The van der Waals surface area contributed by atoms with Gasteiger partial charge in [0, 0.05) is 12.6 Å². The number of halogens is 1. The number of hydrogen-bond acceptors (Lipinski definition) is 4. The molecular formula is C14H22ClNO3. The summed E-state index contributed by atoms with van der Waals surface area (Å²) in [6.45, 7) is 6.63. The molecule has 0 fully saturated rings. The van der Waals surface area contributed by atoms with Crippen molar-refractivity contribution in [3.63, 3.8) is 0 Å². The van der Waals surface area contributed by atoms with Crippen LogP contribution in [0.4, 0.5) is 0 Å². The molecule has 19 heavy (non-hydrogen) atoms. The van der Waals surface area contributed by atoms with Gasteiger partial charge in [-0.15, -0.1) is 12.4 Å². The highest BCUT2D eigenvalue weighted by Crippen LogP contribution is 2.33. The van der Waals surface area contributed by atoms with Crippen molar-refractivity contribution in [2.24, 2.45) is 0 Å². The highest BCUT2D eigenvalue weighted by molar-refractivity contribution is 5.85. The molecule has 1 aromatic rings. The molecule has 0 saturated heterocycles. The molecule has 5 heteroatoms. The van der Waals surface area contributed by atoms with E-state index < -0.39 is 5.60 Å². The predicted octanol–water partition coefficient (Wildman–Crippen LogP) is 2.00. The van der Waals surface area contributed by atoms with Gasteiger partial charge in [-0.05, 0) is 19.1 Å². The summed E-state index contributed by atoms with van der Waals surface area (Å²) < 4.78 is 11.4. The van der Waals surface area contributed by atoms with E-state index in [1.54, 1.807) is 0 Å². The third kappa shape index (κ3) is 3.75. The van der Waals surface area contributed by atoms with Gasteiger partial charge >= 0.3 is 0 Å². The third-order valence-corrected chi connectivity index (χ3v) is 3.20. The van der Waals surface area contributed by atoms with Crippen LogP contribution in [0.25, 0.3) is 0 Å². The molecule has 108 valence electrons. The smallest absolute Gasteiger partial charge is 0.161 e. The lowest BCUT2D eigenvalue weighted by Crippen LogP contribution is -2.55. The molecule has 2 atom stereocenters. The van der Waals surface area contributed by atoms with E-state index in [1.165, 1.54) is 0 Å². The molecule has 0 saturated carbocycles. The van der Waals surface area contributed by atoms with E-state index in [-0.39, 0.29) is 25.1 Å². The molecule has 2 rings (SSSR count). The van der Waals surface area contributed by atoms with Crippen molar-refractivity contribution in [2.45, 2.75) is 38.5 Å². The zero-order valence-corrected chi connectivity index (χ0v) is 12.4.